The molecule has 1 heterocycles. The molecule has 0 radical (unpaired) electrons. The fourth-order valence-electron chi connectivity index (χ4n) is 2.00. The van der Waals surface area contributed by atoms with Crippen LogP contribution in [0.4, 0.5) is 0 Å². The summed E-state index contributed by atoms with van der Waals surface area (Å²) in [5.41, 5.74) is 1.25. The molecule has 0 unspecified atom stereocenters. The first kappa shape index (κ1) is 10.3. The van der Waals surface area contributed by atoms with E-state index >= 15 is 0 Å². The molecule has 82 valence electrons. The number of benzene rings is 1. The van der Waals surface area contributed by atoms with E-state index in [4.69, 9.17) is 9.47 Å². The summed E-state index contributed by atoms with van der Waals surface area (Å²) in [5, 5.41) is 3.46. The van der Waals surface area contributed by atoms with Gasteiger partial charge in [0.1, 0.15) is 11.5 Å². The quantitative estimate of drug-likeness (QED) is 0.823. The van der Waals surface area contributed by atoms with Crippen molar-refractivity contribution in [2.24, 2.45) is 0 Å². The van der Waals surface area contributed by atoms with Crippen molar-refractivity contribution in [3.8, 4) is 11.5 Å². The predicted molar refractivity (Wildman–Crippen MR) is 59.5 cm³/mol. The van der Waals surface area contributed by atoms with Crippen molar-refractivity contribution in [1.82, 2.24) is 5.32 Å². The molecule has 1 saturated heterocycles. The minimum atomic E-state index is 0.453. The fourth-order valence-corrected chi connectivity index (χ4v) is 2.00. The van der Waals surface area contributed by atoms with Crippen LogP contribution in [0, 0.1) is 0 Å². The maximum atomic E-state index is 5.25. The number of rotatable bonds is 3. The smallest absolute Gasteiger partial charge is 0.122 e. The minimum Gasteiger partial charge on any atom is -0.497 e. The highest BCUT2D eigenvalue weighted by atomic mass is 16.5. The highest BCUT2D eigenvalue weighted by Gasteiger charge is 2.17. The van der Waals surface area contributed by atoms with Crippen LogP contribution in [-0.2, 0) is 0 Å². The van der Waals surface area contributed by atoms with Gasteiger partial charge in [0.2, 0.25) is 0 Å². The molecular formula is C12H17NO2. The van der Waals surface area contributed by atoms with E-state index in [1.54, 1.807) is 14.2 Å². The van der Waals surface area contributed by atoms with Gasteiger partial charge in [-0.2, -0.15) is 0 Å². The number of hydrogen-bond donors (Lipinski definition) is 1. The maximum absolute atomic E-state index is 5.25. The van der Waals surface area contributed by atoms with Crippen molar-refractivity contribution in [3.05, 3.63) is 23.8 Å². The van der Waals surface area contributed by atoms with Crippen LogP contribution in [0.2, 0.25) is 0 Å². The molecule has 1 aliphatic heterocycles. The van der Waals surface area contributed by atoms with E-state index in [0.717, 1.165) is 18.0 Å². The molecule has 0 saturated carbocycles. The molecule has 1 N–H and O–H groups in total. The largest absolute Gasteiger partial charge is 0.497 e. The Bertz CT molecular complexity index is 310. The summed E-state index contributed by atoms with van der Waals surface area (Å²) in [4.78, 5) is 0. The third-order valence-corrected chi connectivity index (χ3v) is 2.84. The second kappa shape index (κ2) is 4.53. The van der Waals surface area contributed by atoms with Crippen LogP contribution in [0.1, 0.15) is 24.4 Å². The molecule has 1 aromatic rings. The highest BCUT2D eigenvalue weighted by molar-refractivity contribution is 5.40. The Hall–Kier alpha value is -1.22. The van der Waals surface area contributed by atoms with Crippen LogP contribution < -0.4 is 14.8 Å². The summed E-state index contributed by atoms with van der Waals surface area (Å²) in [5.74, 6) is 1.72. The lowest BCUT2D eigenvalue weighted by molar-refractivity contribution is 0.392. The van der Waals surface area contributed by atoms with Crippen LogP contribution in [0.5, 0.6) is 11.5 Å². The van der Waals surface area contributed by atoms with Crippen molar-refractivity contribution < 1.29 is 9.47 Å². The van der Waals surface area contributed by atoms with Crippen LogP contribution in [-0.4, -0.2) is 20.8 Å². The SMILES string of the molecule is COc1cc(OC)cc([C@H]2CCCN2)c1. The third-order valence-electron chi connectivity index (χ3n) is 2.84. The average Bonchev–Trinajstić information content (AvgIpc) is 2.81. The van der Waals surface area contributed by atoms with Gasteiger partial charge in [-0.3, -0.25) is 0 Å². The van der Waals surface area contributed by atoms with E-state index in [0.29, 0.717) is 6.04 Å². The Labute approximate surface area is 90.4 Å². The monoisotopic (exact) mass is 207 g/mol. The van der Waals surface area contributed by atoms with Gasteiger partial charge in [0.15, 0.2) is 0 Å². The van der Waals surface area contributed by atoms with E-state index in [-0.39, 0.29) is 0 Å². The molecule has 1 fully saturated rings. The van der Waals surface area contributed by atoms with Crippen molar-refractivity contribution in [2.45, 2.75) is 18.9 Å². The van der Waals surface area contributed by atoms with Gasteiger partial charge in [0.05, 0.1) is 14.2 Å². The second-order valence-electron chi connectivity index (χ2n) is 3.79. The second-order valence-corrected chi connectivity index (χ2v) is 3.79. The van der Waals surface area contributed by atoms with Gasteiger partial charge >= 0.3 is 0 Å². The predicted octanol–water partition coefficient (Wildman–Crippen LogP) is 2.13. The topological polar surface area (TPSA) is 30.5 Å². The maximum Gasteiger partial charge on any atom is 0.122 e. The molecule has 1 atom stereocenters. The van der Waals surface area contributed by atoms with E-state index in [9.17, 15) is 0 Å². The molecule has 3 nitrogen and oxygen atoms in total. The fraction of sp³-hybridized carbons (Fsp3) is 0.500. The van der Waals surface area contributed by atoms with Crippen molar-refractivity contribution in [2.75, 3.05) is 20.8 Å². The highest BCUT2D eigenvalue weighted by Crippen LogP contribution is 2.30. The Morgan fingerprint density at radius 2 is 1.80 bits per heavy atom. The minimum absolute atomic E-state index is 0.453. The zero-order chi connectivity index (χ0) is 10.7. The lowest BCUT2D eigenvalue weighted by Gasteiger charge is -2.13. The van der Waals surface area contributed by atoms with Crippen molar-refractivity contribution >= 4 is 0 Å². The molecule has 3 heteroatoms. The summed E-state index contributed by atoms with van der Waals surface area (Å²) in [6.07, 6.45) is 2.43. The van der Waals surface area contributed by atoms with Gasteiger partial charge < -0.3 is 14.8 Å². The zero-order valence-electron chi connectivity index (χ0n) is 9.25. The Morgan fingerprint density at radius 3 is 2.27 bits per heavy atom. The van der Waals surface area contributed by atoms with Gasteiger partial charge in [0, 0.05) is 12.1 Å². The number of nitrogens with one attached hydrogen (secondary N) is 1. The molecule has 0 amide bonds. The number of hydrogen-bond acceptors (Lipinski definition) is 3. The molecule has 15 heavy (non-hydrogen) atoms. The van der Waals surface area contributed by atoms with Crippen LogP contribution >= 0.6 is 0 Å². The summed E-state index contributed by atoms with van der Waals surface area (Å²) < 4.78 is 10.5. The number of methoxy groups -OCH3 is 2. The molecule has 0 aromatic heterocycles. The molecule has 1 aromatic carbocycles. The van der Waals surface area contributed by atoms with E-state index in [1.807, 2.05) is 6.07 Å². The van der Waals surface area contributed by atoms with Crippen molar-refractivity contribution in [1.29, 1.82) is 0 Å². The van der Waals surface area contributed by atoms with E-state index in [1.165, 1.54) is 18.4 Å². The standard InChI is InChI=1S/C12H17NO2/c1-14-10-6-9(7-11(8-10)15-2)12-4-3-5-13-12/h6-8,12-13H,3-5H2,1-2H3/t12-/m1/s1. The normalized spacial score (nSPS) is 20.3. The molecule has 0 aliphatic carbocycles. The summed E-state index contributed by atoms with van der Waals surface area (Å²) >= 11 is 0. The number of ether oxygens (including phenoxy) is 2. The van der Waals surface area contributed by atoms with Gasteiger partial charge in [-0.05, 0) is 37.1 Å². The molecule has 0 spiro atoms. The van der Waals surface area contributed by atoms with Crippen LogP contribution in [0.15, 0.2) is 18.2 Å². The van der Waals surface area contributed by atoms with Crippen LogP contribution in [0.25, 0.3) is 0 Å². The Kier molecular flexibility index (Phi) is 3.11. The first-order chi connectivity index (χ1) is 7.33. The molecule has 2 rings (SSSR count). The first-order valence-corrected chi connectivity index (χ1v) is 5.30. The lowest BCUT2D eigenvalue weighted by Crippen LogP contribution is -2.12. The van der Waals surface area contributed by atoms with E-state index < -0.39 is 0 Å². The molecule has 0 bridgehead atoms. The molecular weight excluding hydrogens is 190 g/mol. The van der Waals surface area contributed by atoms with Gasteiger partial charge in [-0.1, -0.05) is 0 Å². The van der Waals surface area contributed by atoms with Gasteiger partial charge in [0.25, 0.3) is 0 Å². The summed E-state index contributed by atoms with van der Waals surface area (Å²) in [7, 11) is 3.36. The zero-order valence-corrected chi connectivity index (χ0v) is 9.25. The summed E-state index contributed by atoms with van der Waals surface area (Å²) in [6, 6.07) is 6.50. The first-order valence-electron chi connectivity index (χ1n) is 5.30. The lowest BCUT2D eigenvalue weighted by atomic mass is 10.0. The molecule has 1 aliphatic rings. The van der Waals surface area contributed by atoms with Gasteiger partial charge in [-0.15, -0.1) is 0 Å². The summed E-state index contributed by atoms with van der Waals surface area (Å²) in [6.45, 7) is 1.10. The van der Waals surface area contributed by atoms with Gasteiger partial charge in [-0.25, -0.2) is 0 Å². The Morgan fingerprint density at radius 1 is 1.13 bits per heavy atom. The third kappa shape index (κ3) is 2.23. The van der Waals surface area contributed by atoms with E-state index in [2.05, 4.69) is 17.4 Å². The van der Waals surface area contributed by atoms with Crippen molar-refractivity contribution in [3.63, 3.8) is 0 Å². The van der Waals surface area contributed by atoms with Crippen LogP contribution in [0.3, 0.4) is 0 Å². The Balaban J connectivity index is 2.28. The average molecular weight is 207 g/mol.